The summed E-state index contributed by atoms with van der Waals surface area (Å²) in [5, 5.41) is 43.5. The van der Waals surface area contributed by atoms with Crippen molar-refractivity contribution in [1.82, 2.24) is 5.32 Å². The fraction of sp³-hybridized carbons (Fsp3) is 0.891. The first-order valence-electron chi connectivity index (χ1n) is 22.7. The molecule has 1 amide bonds. The number of unbranched alkanes of at least 4 members (excludes halogenated alkanes) is 28. The molecule has 5 N–H and O–H groups in total. The van der Waals surface area contributed by atoms with E-state index >= 15 is 0 Å². The predicted molar refractivity (Wildman–Crippen MR) is 224 cm³/mol. The van der Waals surface area contributed by atoms with E-state index in [4.69, 9.17) is 0 Å². The number of rotatable bonds is 41. The Balaban J connectivity index is 3.65. The van der Waals surface area contributed by atoms with Crippen molar-refractivity contribution >= 4 is 5.91 Å². The first-order valence-corrected chi connectivity index (χ1v) is 22.7. The summed E-state index contributed by atoms with van der Waals surface area (Å²) < 4.78 is 0. The van der Waals surface area contributed by atoms with Gasteiger partial charge in [0.2, 0.25) is 5.91 Å². The van der Waals surface area contributed by atoms with Gasteiger partial charge in [0.15, 0.2) is 0 Å². The Labute approximate surface area is 323 Å². The van der Waals surface area contributed by atoms with Crippen molar-refractivity contribution in [3.8, 4) is 0 Å². The summed E-state index contributed by atoms with van der Waals surface area (Å²) in [6.07, 6.45) is 46.6. The van der Waals surface area contributed by atoms with Crippen molar-refractivity contribution in [3.63, 3.8) is 0 Å². The number of hydrogen-bond donors (Lipinski definition) is 5. The Morgan fingerprint density at radius 1 is 0.462 bits per heavy atom. The van der Waals surface area contributed by atoms with Crippen LogP contribution in [0.4, 0.5) is 0 Å². The minimum Gasteiger partial charge on any atom is -0.394 e. The molecule has 0 aliphatic heterocycles. The number of amides is 1. The van der Waals surface area contributed by atoms with E-state index in [9.17, 15) is 25.2 Å². The molecule has 4 unspecified atom stereocenters. The topological polar surface area (TPSA) is 110 Å². The third-order valence-electron chi connectivity index (χ3n) is 10.6. The maximum Gasteiger partial charge on any atom is 0.249 e. The zero-order valence-corrected chi connectivity index (χ0v) is 34.6. The Kier molecular flexibility index (Phi) is 40.0. The van der Waals surface area contributed by atoms with Gasteiger partial charge < -0.3 is 25.7 Å². The van der Waals surface area contributed by atoms with E-state index in [0.717, 1.165) is 38.5 Å². The van der Waals surface area contributed by atoms with Crippen molar-refractivity contribution in [1.29, 1.82) is 0 Å². The number of carbonyl (C=O) groups is 1. The van der Waals surface area contributed by atoms with Gasteiger partial charge in [-0.25, -0.2) is 0 Å². The molecule has 0 spiro atoms. The number of aliphatic hydroxyl groups excluding tert-OH is 4. The summed E-state index contributed by atoms with van der Waals surface area (Å²) in [4.78, 5) is 12.5. The van der Waals surface area contributed by atoms with Gasteiger partial charge in [-0.3, -0.25) is 4.79 Å². The van der Waals surface area contributed by atoms with Crippen LogP contribution in [0.25, 0.3) is 0 Å². The van der Waals surface area contributed by atoms with E-state index in [1.165, 1.54) is 167 Å². The minimum absolute atomic E-state index is 0.362. The summed E-state index contributed by atoms with van der Waals surface area (Å²) in [6, 6.07) is -0.999. The lowest BCUT2D eigenvalue weighted by Gasteiger charge is -2.27. The second kappa shape index (κ2) is 41.0. The molecule has 6 nitrogen and oxygen atoms in total. The zero-order valence-electron chi connectivity index (χ0n) is 34.6. The highest BCUT2D eigenvalue weighted by atomic mass is 16.3. The molecule has 0 aliphatic rings. The smallest absolute Gasteiger partial charge is 0.249 e. The fourth-order valence-corrected chi connectivity index (χ4v) is 6.99. The molecule has 6 heteroatoms. The van der Waals surface area contributed by atoms with Crippen LogP contribution < -0.4 is 5.32 Å². The molecule has 0 aromatic carbocycles. The second-order valence-electron chi connectivity index (χ2n) is 15.7. The first kappa shape index (κ1) is 50.8. The molecule has 308 valence electrons. The number of aliphatic hydroxyl groups is 4. The molecule has 0 saturated carbocycles. The largest absolute Gasteiger partial charge is 0.394 e. The molecule has 0 aromatic heterocycles. The maximum absolute atomic E-state index is 12.5. The fourth-order valence-electron chi connectivity index (χ4n) is 6.99. The number of nitrogens with one attached hydrogen (secondary N) is 1. The van der Waals surface area contributed by atoms with E-state index in [1.54, 1.807) is 0 Å². The van der Waals surface area contributed by atoms with Gasteiger partial charge >= 0.3 is 0 Å². The lowest BCUT2D eigenvalue weighted by molar-refractivity contribution is -0.132. The van der Waals surface area contributed by atoms with Crippen LogP contribution in [0, 0.1) is 0 Å². The van der Waals surface area contributed by atoms with Crippen LogP contribution in [0.3, 0.4) is 0 Å². The highest BCUT2D eigenvalue weighted by Gasteiger charge is 2.28. The molecule has 52 heavy (non-hydrogen) atoms. The summed E-state index contributed by atoms with van der Waals surface area (Å²) in [7, 11) is 0. The van der Waals surface area contributed by atoms with Crippen LogP contribution in [0.1, 0.15) is 232 Å². The average Bonchev–Trinajstić information content (AvgIpc) is 3.15. The molecule has 0 heterocycles. The minimum atomic E-state index is -1.28. The number of allylic oxidation sites excluding steroid dienone is 4. The van der Waals surface area contributed by atoms with Crippen LogP contribution in [-0.2, 0) is 4.79 Å². The molecule has 0 rings (SSSR count). The highest BCUT2D eigenvalue weighted by molar-refractivity contribution is 5.80. The molecule has 0 radical (unpaired) electrons. The molecular formula is C46H89NO5. The van der Waals surface area contributed by atoms with Crippen LogP contribution in [-0.4, -0.2) is 57.3 Å². The summed E-state index contributed by atoms with van der Waals surface area (Å²) in [5.74, 6) is -0.595. The lowest BCUT2D eigenvalue weighted by Crippen LogP contribution is -2.53. The third kappa shape index (κ3) is 34.6. The second-order valence-corrected chi connectivity index (χ2v) is 15.7. The van der Waals surface area contributed by atoms with Crippen molar-refractivity contribution in [2.45, 2.75) is 257 Å². The van der Waals surface area contributed by atoms with E-state index in [1.807, 2.05) is 0 Å². The van der Waals surface area contributed by atoms with E-state index in [2.05, 4.69) is 43.5 Å². The van der Waals surface area contributed by atoms with Gasteiger partial charge in [0.1, 0.15) is 12.2 Å². The van der Waals surface area contributed by atoms with Gasteiger partial charge in [-0.2, -0.15) is 0 Å². The van der Waals surface area contributed by atoms with Crippen LogP contribution in [0.2, 0.25) is 0 Å². The molecule has 0 saturated heterocycles. The van der Waals surface area contributed by atoms with Gasteiger partial charge in [0.05, 0.1) is 18.8 Å². The van der Waals surface area contributed by atoms with Crippen molar-refractivity contribution < 1.29 is 25.2 Å². The van der Waals surface area contributed by atoms with Crippen molar-refractivity contribution in [2.75, 3.05) is 6.61 Å². The Morgan fingerprint density at radius 2 is 0.788 bits per heavy atom. The molecule has 0 bridgehead atoms. The summed E-state index contributed by atoms with van der Waals surface area (Å²) >= 11 is 0. The van der Waals surface area contributed by atoms with Gasteiger partial charge in [-0.1, -0.05) is 192 Å². The zero-order chi connectivity index (χ0) is 38.2. The maximum atomic E-state index is 12.5. The molecule has 0 fully saturated rings. The van der Waals surface area contributed by atoms with Crippen LogP contribution in [0.5, 0.6) is 0 Å². The SMILES string of the molecule is CCCCCCC/C=C/CCCC(O)C(O)C(CO)NC(=O)C(O)CCCCCCCCCCCC/C=C\CCCCCCCCCCCCCC. The lowest BCUT2D eigenvalue weighted by atomic mass is 10.00. The standard InChI is InChI=1S/C46H89NO5/c1-3-5-7-9-11-13-15-16-17-18-19-20-21-22-23-24-25-26-27-28-29-30-32-34-36-38-40-44(50)46(52)47-42(41-48)45(51)43(49)39-37-35-33-31-14-12-10-8-6-4-2/h22-23,31,33,42-45,48-51H,3-21,24-30,32,34-41H2,1-2H3,(H,47,52)/b23-22-,33-31+. The van der Waals surface area contributed by atoms with Crippen molar-refractivity contribution in [2.24, 2.45) is 0 Å². The third-order valence-corrected chi connectivity index (χ3v) is 10.6. The highest BCUT2D eigenvalue weighted by Crippen LogP contribution is 2.16. The van der Waals surface area contributed by atoms with Crippen LogP contribution in [0.15, 0.2) is 24.3 Å². The molecular weight excluding hydrogens is 647 g/mol. The predicted octanol–water partition coefficient (Wildman–Crippen LogP) is 12.0. The number of carbonyl (C=O) groups excluding carboxylic acids is 1. The van der Waals surface area contributed by atoms with E-state index in [-0.39, 0.29) is 0 Å². The molecule has 4 atom stereocenters. The van der Waals surface area contributed by atoms with Crippen LogP contribution >= 0.6 is 0 Å². The van der Waals surface area contributed by atoms with Gasteiger partial charge in [-0.05, 0) is 64.2 Å². The monoisotopic (exact) mass is 736 g/mol. The van der Waals surface area contributed by atoms with E-state index in [0.29, 0.717) is 12.8 Å². The van der Waals surface area contributed by atoms with Gasteiger partial charge in [0.25, 0.3) is 0 Å². The summed E-state index contributed by atoms with van der Waals surface area (Å²) in [6.45, 7) is 4.01. The first-order chi connectivity index (χ1) is 25.5. The summed E-state index contributed by atoms with van der Waals surface area (Å²) in [5.41, 5.74) is 0. The van der Waals surface area contributed by atoms with Gasteiger partial charge in [0, 0.05) is 0 Å². The Hall–Kier alpha value is -1.21. The Morgan fingerprint density at radius 3 is 1.15 bits per heavy atom. The van der Waals surface area contributed by atoms with Crippen molar-refractivity contribution in [3.05, 3.63) is 24.3 Å². The number of hydrogen-bond acceptors (Lipinski definition) is 5. The average molecular weight is 736 g/mol. The normalized spacial score (nSPS) is 14.3. The quantitative estimate of drug-likeness (QED) is 0.0317. The molecule has 0 aliphatic carbocycles. The molecule has 0 aromatic rings. The van der Waals surface area contributed by atoms with E-state index < -0.39 is 36.9 Å². The Bertz CT molecular complexity index is 787. The van der Waals surface area contributed by atoms with Gasteiger partial charge in [-0.15, -0.1) is 0 Å².